The van der Waals surface area contributed by atoms with Gasteiger partial charge in [0.15, 0.2) is 0 Å². The number of carbonyl (C=O) groups is 1. The fraction of sp³-hybridized carbons (Fsp3) is 0.360. The van der Waals surface area contributed by atoms with Crippen LogP contribution in [-0.4, -0.2) is 50.4 Å². The Morgan fingerprint density at radius 2 is 2.06 bits per heavy atom. The lowest BCUT2D eigenvalue weighted by atomic mass is 10.0. The average Bonchev–Trinajstić information content (AvgIpc) is 3.50. The number of hydrogen-bond donors (Lipinski definition) is 0. The molecule has 5 rings (SSSR count). The van der Waals surface area contributed by atoms with Gasteiger partial charge in [0.2, 0.25) is 5.91 Å². The lowest BCUT2D eigenvalue weighted by Gasteiger charge is -2.30. The van der Waals surface area contributed by atoms with Gasteiger partial charge in [0.05, 0.1) is 12.5 Å². The van der Waals surface area contributed by atoms with E-state index in [-0.39, 0.29) is 12.5 Å². The molecule has 0 N–H and O–H groups in total. The van der Waals surface area contributed by atoms with Crippen molar-refractivity contribution in [2.24, 2.45) is 0 Å². The van der Waals surface area contributed by atoms with Gasteiger partial charge in [0, 0.05) is 38.1 Å². The van der Waals surface area contributed by atoms with E-state index in [2.05, 4.69) is 5.10 Å². The van der Waals surface area contributed by atoms with Gasteiger partial charge < -0.3 is 9.64 Å². The summed E-state index contributed by atoms with van der Waals surface area (Å²) in [6.45, 7) is 2.58. The van der Waals surface area contributed by atoms with Crippen molar-refractivity contribution in [2.45, 2.75) is 38.8 Å². The van der Waals surface area contributed by atoms with Crippen LogP contribution in [0, 0.1) is 12.7 Å². The number of rotatable bonds is 6. The number of ether oxygens (including phenoxy) is 1. The molecule has 4 aromatic rings. The van der Waals surface area contributed by atoms with Crippen molar-refractivity contribution in [3.05, 3.63) is 74.4 Å². The molecule has 188 valence electrons. The van der Waals surface area contributed by atoms with Crippen molar-refractivity contribution in [1.29, 1.82) is 0 Å². The Morgan fingerprint density at radius 3 is 2.78 bits per heavy atom. The summed E-state index contributed by atoms with van der Waals surface area (Å²) in [4.78, 5) is 42.7. The summed E-state index contributed by atoms with van der Waals surface area (Å²) in [5.74, 6) is -0.145. The molecule has 1 amide bonds. The first-order valence-corrected chi connectivity index (χ1v) is 12.5. The van der Waals surface area contributed by atoms with Crippen molar-refractivity contribution < 1.29 is 13.9 Å². The highest BCUT2D eigenvalue weighted by Gasteiger charge is 2.32. The molecule has 1 atom stereocenters. The summed E-state index contributed by atoms with van der Waals surface area (Å²) < 4.78 is 23.6. The molecular weight excluding hydrogens is 485 g/mol. The number of thiophene rings is 1. The second-order valence-corrected chi connectivity index (χ2v) is 9.87. The fourth-order valence-electron chi connectivity index (χ4n) is 4.86. The molecule has 0 spiro atoms. The number of aromatic nitrogens is 4. The Balaban J connectivity index is 1.72. The van der Waals surface area contributed by atoms with Crippen LogP contribution in [0.25, 0.3) is 15.2 Å². The molecule has 4 heterocycles. The van der Waals surface area contributed by atoms with Crippen LogP contribution < -0.4 is 16.0 Å². The number of fused-ring (bicyclic) bond motifs is 1. The second-order valence-electron chi connectivity index (χ2n) is 8.90. The van der Waals surface area contributed by atoms with E-state index in [1.807, 2.05) is 6.92 Å². The third-order valence-corrected chi connectivity index (χ3v) is 8.03. The third kappa shape index (κ3) is 3.93. The molecule has 0 aliphatic carbocycles. The standard InChI is InChI=1S/C25H26FN5O4S/c1-15-20-22(33)31(18-6-4-11-28(2)21(18)32)25(34)29(24(20)36-23(15)30-12-5-10-27-30)13-9-16-14-17(26)7-8-19(16)35-3/h5,7-8,10,12,14,18H,4,6,9,11,13H2,1-3H3. The molecule has 11 heteroatoms. The number of halogens is 1. The normalized spacial score (nSPS) is 16.2. The number of piperidine rings is 1. The highest BCUT2D eigenvalue weighted by atomic mass is 32.1. The van der Waals surface area contributed by atoms with Gasteiger partial charge in [-0.05, 0) is 56.0 Å². The topological polar surface area (TPSA) is 91.4 Å². The van der Waals surface area contributed by atoms with Gasteiger partial charge in [-0.2, -0.15) is 5.10 Å². The number of likely N-dealkylation sites (tertiary alicyclic amines) is 1. The maximum Gasteiger partial charge on any atom is 0.332 e. The van der Waals surface area contributed by atoms with E-state index < -0.39 is 23.1 Å². The van der Waals surface area contributed by atoms with Gasteiger partial charge in [-0.15, -0.1) is 0 Å². The van der Waals surface area contributed by atoms with Crippen LogP contribution in [-0.2, 0) is 17.8 Å². The summed E-state index contributed by atoms with van der Waals surface area (Å²) >= 11 is 1.29. The highest BCUT2D eigenvalue weighted by molar-refractivity contribution is 7.21. The number of nitrogens with zero attached hydrogens (tertiary/aromatic N) is 5. The quantitative estimate of drug-likeness (QED) is 0.397. The number of hydrogen-bond acceptors (Lipinski definition) is 6. The van der Waals surface area contributed by atoms with Gasteiger partial charge in [0.25, 0.3) is 5.56 Å². The number of aryl methyl sites for hydroxylation is 3. The van der Waals surface area contributed by atoms with Gasteiger partial charge in [0.1, 0.15) is 27.4 Å². The number of benzene rings is 1. The molecule has 1 aromatic carbocycles. The minimum Gasteiger partial charge on any atom is -0.496 e. The number of carbonyl (C=O) groups excluding carboxylic acids is 1. The van der Waals surface area contributed by atoms with E-state index in [1.165, 1.54) is 35.1 Å². The fourth-order valence-corrected chi connectivity index (χ4v) is 6.12. The van der Waals surface area contributed by atoms with E-state index >= 15 is 0 Å². The summed E-state index contributed by atoms with van der Waals surface area (Å²) in [7, 11) is 3.18. The van der Waals surface area contributed by atoms with Crippen molar-refractivity contribution in [2.75, 3.05) is 20.7 Å². The summed E-state index contributed by atoms with van der Waals surface area (Å²) in [5, 5.41) is 5.40. The number of likely N-dealkylation sites (N-methyl/N-ethyl adjacent to an activating group) is 1. The molecule has 1 aliphatic rings. The van der Waals surface area contributed by atoms with Gasteiger partial charge in [-0.3, -0.25) is 14.2 Å². The highest BCUT2D eigenvalue weighted by Crippen LogP contribution is 2.32. The maximum absolute atomic E-state index is 14.0. The monoisotopic (exact) mass is 511 g/mol. The molecule has 1 saturated heterocycles. The van der Waals surface area contributed by atoms with E-state index in [4.69, 9.17) is 4.74 Å². The van der Waals surface area contributed by atoms with Crippen molar-refractivity contribution in [3.8, 4) is 10.8 Å². The Bertz CT molecular complexity index is 1570. The first-order chi connectivity index (χ1) is 17.3. The second kappa shape index (κ2) is 9.38. The Kier molecular flexibility index (Phi) is 6.25. The zero-order chi connectivity index (χ0) is 25.6. The molecule has 1 fully saturated rings. The van der Waals surface area contributed by atoms with Gasteiger partial charge in [-0.25, -0.2) is 18.4 Å². The largest absolute Gasteiger partial charge is 0.496 e. The molecule has 0 bridgehead atoms. The first-order valence-electron chi connectivity index (χ1n) is 11.7. The minimum atomic E-state index is -0.865. The molecule has 36 heavy (non-hydrogen) atoms. The molecule has 1 aliphatic heterocycles. The van der Waals surface area contributed by atoms with Crippen molar-refractivity contribution in [3.63, 3.8) is 0 Å². The minimum absolute atomic E-state index is 0.171. The summed E-state index contributed by atoms with van der Waals surface area (Å²) in [5.41, 5.74) is 0.260. The zero-order valence-corrected chi connectivity index (χ0v) is 21.0. The van der Waals surface area contributed by atoms with Crippen LogP contribution >= 0.6 is 11.3 Å². The SMILES string of the molecule is COc1ccc(F)cc1CCn1c(=O)n(C2CCCN(C)C2=O)c(=O)c2c(C)c(-n3cccn3)sc21. The molecule has 9 nitrogen and oxygen atoms in total. The molecule has 3 aromatic heterocycles. The molecular formula is C25H26FN5O4S. The lowest BCUT2D eigenvalue weighted by molar-refractivity contribution is -0.136. The lowest BCUT2D eigenvalue weighted by Crippen LogP contribution is -2.49. The smallest absolute Gasteiger partial charge is 0.332 e. The number of methoxy groups -OCH3 is 1. The van der Waals surface area contributed by atoms with E-state index in [0.717, 1.165) is 4.57 Å². The van der Waals surface area contributed by atoms with E-state index in [1.54, 1.807) is 41.2 Å². The predicted molar refractivity (Wildman–Crippen MR) is 135 cm³/mol. The zero-order valence-electron chi connectivity index (χ0n) is 20.2. The van der Waals surface area contributed by atoms with Crippen LogP contribution in [0.5, 0.6) is 5.75 Å². The summed E-state index contributed by atoms with van der Waals surface area (Å²) in [6, 6.07) is 5.16. The van der Waals surface area contributed by atoms with Crippen LogP contribution in [0.1, 0.15) is 30.0 Å². The van der Waals surface area contributed by atoms with Gasteiger partial charge in [-0.1, -0.05) is 11.3 Å². The molecule has 0 saturated carbocycles. The van der Waals surface area contributed by atoms with Crippen LogP contribution in [0.4, 0.5) is 4.39 Å². The van der Waals surface area contributed by atoms with Crippen LogP contribution in [0.15, 0.2) is 46.2 Å². The Labute approximate surface area is 210 Å². The summed E-state index contributed by atoms with van der Waals surface area (Å²) in [6.07, 6.45) is 4.81. The van der Waals surface area contributed by atoms with Crippen molar-refractivity contribution >= 4 is 27.5 Å². The molecule has 0 radical (unpaired) electrons. The average molecular weight is 512 g/mol. The number of amides is 1. The van der Waals surface area contributed by atoms with E-state index in [0.29, 0.717) is 57.9 Å². The predicted octanol–water partition coefficient (Wildman–Crippen LogP) is 2.90. The van der Waals surface area contributed by atoms with Crippen LogP contribution in [0.3, 0.4) is 0 Å². The Hall–Kier alpha value is -3.73. The Morgan fingerprint density at radius 1 is 1.25 bits per heavy atom. The van der Waals surface area contributed by atoms with Crippen LogP contribution in [0.2, 0.25) is 0 Å². The maximum atomic E-state index is 14.0. The molecule has 1 unspecified atom stereocenters. The van der Waals surface area contributed by atoms with E-state index in [9.17, 15) is 18.8 Å². The van der Waals surface area contributed by atoms with Gasteiger partial charge >= 0.3 is 5.69 Å². The third-order valence-electron chi connectivity index (χ3n) is 6.72. The van der Waals surface area contributed by atoms with Crippen molar-refractivity contribution in [1.82, 2.24) is 23.8 Å². The first kappa shape index (κ1) is 24.0.